The second kappa shape index (κ2) is 8.43. The number of aromatic nitrogens is 1. The Morgan fingerprint density at radius 3 is 2.89 bits per heavy atom. The minimum Gasteiger partial charge on any atom is -0.467 e. The predicted octanol–water partition coefficient (Wildman–Crippen LogP) is 3.49. The zero-order valence-corrected chi connectivity index (χ0v) is 15.5. The molecule has 0 radical (unpaired) electrons. The lowest BCUT2D eigenvalue weighted by molar-refractivity contribution is 0.0803. The highest BCUT2D eigenvalue weighted by molar-refractivity contribution is 5.92. The lowest BCUT2D eigenvalue weighted by atomic mass is 10.2. The van der Waals surface area contributed by atoms with Crippen molar-refractivity contribution in [3.63, 3.8) is 0 Å². The first-order valence-electron chi connectivity index (χ1n) is 9.69. The molecule has 1 atom stereocenters. The fourth-order valence-electron chi connectivity index (χ4n) is 3.71. The van der Waals surface area contributed by atoms with Crippen LogP contribution < -0.4 is 10.2 Å². The third-order valence-electron chi connectivity index (χ3n) is 5.10. The first kappa shape index (κ1) is 17.9. The van der Waals surface area contributed by atoms with Gasteiger partial charge in [0.15, 0.2) is 5.82 Å². The molecule has 4 rings (SSSR count). The number of nitrogens with zero attached hydrogens (tertiary/aromatic N) is 3. The summed E-state index contributed by atoms with van der Waals surface area (Å²) in [6.45, 7) is 3.68. The number of furan rings is 1. The molecule has 0 bridgehead atoms. The highest BCUT2D eigenvalue weighted by atomic mass is 16.5. The van der Waals surface area contributed by atoms with Gasteiger partial charge in [-0.15, -0.1) is 0 Å². The van der Waals surface area contributed by atoms with Crippen molar-refractivity contribution in [2.75, 3.05) is 36.5 Å². The van der Waals surface area contributed by atoms with Gasteiger partial charge in [0.05, 0.1) is 24.6 Å². The molecule has 2 amide bonds. The summed E-state index contributed by atoms with van der Waals surface area (Å²) in [5.74, 6) is 1.60. The highest BCUT2D eigenvalue weighted by Gasteiger charge is 2.25. The Balaban J connectivity index is 1.49. The molecule has 2 aromatic rings. The van der Waals surface area contributed by atoms with Crippen molar-refractivity contribution in [2.45, 2.75) is 38.3 Å². The van der Waals surface area contributed by atoms with Gasteiger partial charge in [0, 0.05) is 32.4 Å². The van der Waals surface area contributed by atoms with E-state index in [4.69, 9.17) is 9.15 Å². The summed E-state index contributed by atoms with van der Waals surface area (Å²) in [6.07, 6.45) is 7.83. The minimum atomic E-state index is -0.157. The van der Waals surface area contributed by atoms with E-state index in [1.165, 1.54) is 0 Å². The van der Waals surface area contributed by atoms with Gasteiger partial charge >= 0.3 is 6.03 Å². The number of hydrogen-bond donors (Lipinski definition) is 1. The summed E-state index contributed by atoms with van der Waals surface area (Å²) < 4.78 is 11.2. The third kappa shape index (κ3) is 4.42. The van der Waals surface area contributed by atoms with Gasteiger partial charge in [-0.1, -0.05) is 0 Å². The number of amides is 2. The molecule has 2 aliphatic rings. The normalized spacial score (nSPS) is 19.4. The van der Waals surface area contributed by atoms with Crippen LogP contribution in [0.3, 0.4) is 0 Å². The van der Waals surface area contributed by atoms with Crippen molar-refractivity contribution >= 4 is 17.5 Å². The van der Waals surface area contributed by atoms with Crippen LogP contribution in [0.1, 0.15) is 31.4 Å². The van der Waals surface area contributed by atoms with Gasteiger partial charge in [-0.2, -0.15) is 0 Å². The van der Waals surface area contributed by atoms with Crippen molar-refractivity contribution in [2.24, 2.45) is 0 Å². The summed E-state index contributed by atoms with van der Waals surface area (Å²) in [7, 11) is 0. The van der Waals surface area contributed by atoms with E-state index in [1.807, 2.05) is 24.3 Å². The lowest BCUT2D eigenvalue weighted by Crippen LogP contribution is -2.40. The third-order valence-corrected chi connectivity index (χ3v) is 5.10. The SMILES string of the molecule is O=C(Nc1cccnc1N1CCCC1)N(Cc1ccco1)C[C@H]1CCCO1. The molecule has 0 aromatic carbocycles. The van der Waals surface area contributed by atoms with Crippen LogP contribution in [0, 0.1) is 0 Å². The number of carbonyl (C=O) groups excluding carboxylic acids is 1. The molecular weight excluding hydrogens is 344 g/mol. The number of carbonyl (C=O) groups is 1. The van der Waals surface area contributed by atoms with E-state index in [0.29, 0.717) is 13.1 Å². The van der Waals surface area contributed by atoms with Gasteiger partial charge in [0.1, 0.15) is 5.76 Å². The minimum absolute atomic E-state index is 0.0812. The van der Waals surface area contributed by atoms with Gasteiger partial charge in [-0.3, -0.25) is 0 Å². The molecule has 7 heteroatoms. The van der Waals surface area contributed by atoms with Crippen LogP contribution in [0.2, 0.25) is 0 Å². The summed E-state index contributed by atoms with van der Waals surface area (Å²) in [4.78, 5) is 21.6. The highest BCUT2D eigenvalue weighted by Crippen LogP contribution is 2.26. The summed E-state index contributed by atoms with van der Waals surface area (Å²) >= 11 is 0. The van der Waals surface area contributed by atoms with E-state index >= 15 is 0 Å². The van der Waals surface area contributed by atoms with Crippen molar-refractivity contribution in [3.05, 3.63) is 42.5 Å². The maximum absolute atomic E-state index is 13.1. The largest absolute Gasteiger partial charge is 0.467 e. The Morgan fingerprint density at radius 1 is 1.26 bits per heavy atom. The number of urea groups is 1. The van der Waals surface area contributed by atoms with Crippen LogP contribution >= 0.6 is 0 Å². The zero-order chi connectivity index (χ0) is 18.5. The van der Waals surface area contributed by atoms with E-state index in [-0.39, 0.29) is 12.1 Å². The smallest absolute Gasteiger partial charge is 0.322 e. The molecule has 0 spiro atoms. The molecule has 0 aliphatic carbocycles. The Bertz CT molecular complexity index is 737. The van der Waals surface area contributed by atoms with Crippen molar-refractivity contribution < 1.29 is 13.9 Å². The van der Waals surface area contributed by atoms with Crippen LogP contribution in [-0.2, 0) is 11.3 Å². The van der Waals surface area contributed by atoms with Crippen molar-refractivity contribution in [1.29, 1.82) is 0 Å². The van der Waals surface area contributed by atoms with Gasteiger partial charge in [0.2, 0.25) is 0 Å². The van der Waals surface area contributed by atoms with Crippen LogP contribution in [0.15, 0.2) is 41.1 Å². The first-order valence-corrected chi connectivity index (χ1v) is 9.69. The molecule has 2 aromatic heterocycles. The fourth-order valence-corrected chi connectivity index (χ4v) is 3.71. The molecule has 0 unspecified atom stereocenters. The standard InChI is InChI=1S/C20H26N4O3/c25-20(22-18-8-3-9-21-19(18)23-10-1-2-11-23)24(14-16-6-4-12-26-16)15-17-7-5-13-27-17/h3-4,6,8-9,12,17H,1-2,5,7,10-11,13-15H2,(H,22,25)/t17-/m1/s1. The quantitative estimate of drug-likeness (QED) is 0.843. The number of hydrogen-bond acceptors (Lipinski definition) is 5. The Morgan fingerprint density at radius 2 is 2.15 bits per heavy atom. The Kier molecular flexibility index (Phi) is 5.58. The molecule has 2 saturated heterocycles. The Hall–Kier alpha value is -2.54. The number of nitrogens with one attached hydrogen (secondary N) is 1. The van der Waals surface area contributed by atoms with Crippen LogP contribution in [0.5, 0.6) is 0 Å². The number of anilines is 2. The molecule has 2 fully saturated rings. The summed E-state index contributed by atoms with van der Waals surface area (Å²) in [5, 5.41) is 3.06. The maximum Gasteiger partial charge on any atom is 0.322 e. The van der Waals surface area contributed by atoms with Gasteiger partial charge in [-0.05, 0) is 49.9 Å². The number of rotatable bonds is 6. The topological polar surface area (TPSA) is 70.8 Å². The molecule has 2 aliphatic heterocycles. The van der Waals surface area contributed by atoms with Crippen molar-refractivity contribution in [1.82, 2.24) is 9.88 Å². The summed E-state index contributed by atoms with van der Waals surface area (Å²) in [5.41, 5.74) is 0.751. The second-order valence-electron chi connectivity index (χ2n) is 7.09. The predicted molar refractivity (Wildman–Crippen MR) is 103 cm³/mol. The van der Waals surface area contributed by atoms with Gasteiger partial charge in [0.25, 0.3) is 0 Å². The number of ether oxygens (including phenoxy) is 1. The second-order valence-corrected chi connectivity index (χ2v) is 7.09. The molecule has 1 N–H and O–H groups in total. The van der Waals surface area contributed by atoms with Gasteiger partial charge < -0.3 is 24.3 Å². The van der Waals surface area contributed by atoms with Crippen molar-refractivity contribution in [3.8, 4) is 0 Å². The van der Waals surface area contributed by atoms with E-state index in [0.717, 1.165) is 62.6 Å². The fraction of sp³-hybridized carbons (Fsp3) is 0.500. The van der Waals surface area contributed by atoms with Crippen LogP contribution in [0.25, 0.3) is 0 Å². The monoisotopic (exact) mass is 370 g/mol. The van der Waals surface area contributed by atoms with Crippen LogP contribution in [0.4, 0.5) is 16.3 Å². The lowest BCUT2D eigenvalue weighted by Gasteiger charge is -2.26. The average Bonchev–Trinajstić information content (AvgIpc) is 3.45. The van der Waals surface area contributed by atoms with E-state index in [1.54, 1.807) is 17.4 Å². The Labute approximate surface area is 159 Å². The molecule has 144 valence electrons. The van der Waals surface area contributed by atoms with Crippen LogP contribution in [-0.4, -0.2) is 48.3 Å². The van der Waals surface area contributed by atoms with E-state index in [2.05, 4.69) is 15.2 Å². The van der Waals surface area contributed by atoms with E-state index in [9.17, 15) is 4.79 Å². The van der Waals surface area contributed by atoms with Gasteiger partial charge in [-0.25, -0.2) is 9.78 Å². The molecule has 7 nitrogen and oxygen atoms in total. The molecule has 27 heavy (non-hydrogen) atoms. The van der Waals surface area contributed by atoms with E-state index < -0.39 is 0 Å². The molecule has 0 saturated carbocycles. The molecular formula is C20H26N4O3. The number of pyridine rings is 1. The summed E-state index contributed by atoms with van der Waals surface area (Å²) in [6, 6.07) is 7.33. The zero-order valence-electron chi connectivity index (χ0n) is 15.5. The molecule has 4 heterocycles. The maximum atomic E-state index is 13.1. The average molecular weight is 370 g/mol. The first-order chi connectivity index (χ1) is 13.3.